The van der Waals surface area contributed by atoms with E-state index in [2.05, 4.69) is 15.3 Å². The van der Waals surface area contributed by atoms with Gasteiger partial charge in [-0.1, -0.05) is 41.5 Å². The van der Waals surface area contributed by atoms with Crippen molar-refractivity contribution in [3.8, 4) is 6.01 Å². The van der Waals surface area contributed by atoms with Gasteiger partial charge in [0.05, 0.1) is 12.3 Å². The van der Waals surface area contributed by atoms with Crippen molar-refractivity contribution in [1.82, 2.24) is 19.6 Å². The van der Waals surface area contributed by atoms with Crippen LogP contribution in [0.5, 0.6) is 6.01 Å². The summed E-state index contributed by atoms with van der Waals surface area (Å²) in [5.74, 6) is -0.200. The maximum Gasteiger partial charge on any atom is 0.322 e. The molecular weight excluding hydrogens is 306 g/mol. The van der Waals surface area contributed by atoms with Crippen LogP contribution in [0.15, 0.2) is 59.8 Å². The zero-order valence-electron chi connectivity index (χ0n) is 12.9. The van der Waals surface area contributed by atoms with Gasteiger partial charge in [-0.25, -0.2) is 5.01 Å². The summed E-state index contributed by atoms with van der Waals surface area (Å²) in [6.07, 6.45) is 2.53. The zero-order chi connectivity index (χ0) is 16.4. The van der Waals surface area contributed by atoms with Gasteiger partial charge in [-0.05, 0) is 17.7 Å². The molecule has 7 nitrogen and oxygen atoms in total. The summed E-state index contributed by atoms with van der Waals surface area (Å²) < 4.78 is 7.19. The predicted molar refractivity (Wildman–Crippen MR) is 87.8 cm³/mol. The molecule has 0 saturated carbocycles. The van der Waals surface area contributed by atoms with E-state index >= 15 is 0 Å². The predicted octanol–water partition coefficient (Wildman–Crippen LogP) is 1.74. The van der Waals surface area contributed by atoms with Crippen LogP contribution in [0.2, 0.25) is 0 Å². The molecule has 1 aromatic carbocycles. The number of benzene rings is 1. The van der Waals surface area contributed by atoms with Crippen molar-refractivity contribution < 1.29 is 9.53 Å². The highest BCUT2D eigenvalue weighted by molar-refractivity contribution is 6.02. The fourth-order valence-electron chi connectivity index (χ4n) is 2.59. The molecule has 0 aliphatic carbocycles. The van der Waals surface area contributed by atoms with Crippen LogP contribution in [-0.4, -0.2) is 44.4 Å². The maximum atomic E-state index is 12.3. The fourth-order valence-corrected chi connectivity index (χ4v) is 2.59. The molecule has 2 aromatic heterocycles. The summed E-state index contributed by atoms with van der Waals surface area (Å²) in [5.41, 5.74) is 2.62. The third-order valence-electron chi connectivity index (χ3n) is 3.80. The Morgan fingerprint density at radius 1 is 1.08 bits per heavy atom. The van der Waals surface area contributed by atoms with Crippen LogP contribution in [0.1, 0.15) is 12.0 Å². The van der Waals surface area contributed by atoms with E-state index in [1.165, 1.54) is 5.01 Å². The molecule has 3 aromatic rings. The number of hydrogen-bond acceptors (Lipinski definition) is 5. The summed E-state index contributed by atoms with van der Waals surface area (Å²) in [7, 11) is 0. The lowest BCUT2D eigenvalue weighted by atomic mass is 10.1. The van der Waals surface area contributed by atoms with E-state index in [9.17, 15) is 4.79 Å². The molecule has 0 radical (unpaired) electrons. The SMILES string of the molecule is O=C(COc1nnc2ccccn12)N1CCC(c2ccccc2)=N1. The average Bonchev–Trinajstić information content (AvgIpc) is 3.28. The smallest absolute Gasteiger partial charge is 0.322 e. The van der Waals surface area contributed by atoms with Crippen molar-refractivity contribution in [1.29, 1.82) is 0 Å². The molecule has 7 heteroatoms. The van der Waals surface area contributed by atoms with Crippen LogP contribution >= 0.6 is 0 Å². The number of hydrogen-bond donors (Lipinski definition) is 0. The van der Waals surface area contributed by atoms with Crippen molar-refractivity contribution in [2.75, 3.05) is 13.2 Å². The number of aromatic nitrogens is 3. The number of carbonyl (C=O) groups excluding carboxylic acids is 1. The van der Waals surface area contributed by atoms with E-state index in [1.54, 1.807) is 10.6 Å². The van der Waals surface area contributed by atoms with E-state index < -0.39 is 0 Å². The monoisotopic (exact) mass is 321 g/mol. The first-order valence-electron chi connectivity index (χ1n) is 7.67. The Balaban J connectivity index is 1.43. The van der Waals surface area contributed by atoms with E-state index in [0.29, 0.717) is 18.2 Å². The van der Waals surface area contributed by atoms with Crippen LogP contribution in [0.3, 0.4) is 0 Å². The molecule has 1 aliphatic heterocycles. The summed E-state index contributed by atoms with van der Waals surface area (Å²) in [6, 6.07) is 15.7. The number of nitrogens with zero attached hydrogens (tertiary/aromatic N) is 5. The van der Waals surface area contributed by atoms with Crippen LogP contribution < -0.4 is 4.74 Å². The maximum absolute atomic E-state index is 12.3. The topological polar surface area (TPSA) is 72.1 Å². The van der Waals surface area contributed by atoms with Gasteiger partial charge < -0.3 is 4.74 Å². The number of carbonyl (C=O) groups is 1. The normalized spacial score (nSPS) is 14.0. The zero-order valence-corrected chi connectivity index (χ0v) is 12.9. The molecule has 0 spiro atoms. The van der Waals surface area contributed by atoms with Crippen molar-refractivity contribution in [2.45, 2.75) is 6.42 Å². The van der Waals surface area contributed by atoms with Gasteiger partial charge in [0, 0.05) is 12.6 Å². The first-order chi connectivity index (χ1) is 11.8. The van der Waals surface area contributed by atoms with Crippen LogP contribution in [0.4, 0.5) is 0 Å². The van der Waals surface area contributed by atoms with E-state index in [0.717, 1.165) is 17.7 Å². The van der Waals surface area contributed by atoms with E-state index in [1.807, 2.05) is 48.5 Å². The quantitative estimate of drug-likeness (QED) is 0.734. The first kappa shape index (κ1) is 14.4. The fraction of sp³-hybridized carbons (Fsp3) is 0.176. The number of pyridine rings is 1. The number of rotatable bonds is 4. The van der Waals surface area contributed by atoms with Gasteiger partial charge in [-0.3, -0.25) is 9.20 Å². The molecule has 1 aliphatic rings. The minimum atomic E-state index is -0.200. The van der Waals surface area contributed by atoms with E-state index in [-0.39, 0.29) is 12.5 Å². The second kappa shape index (κ2) is 6.11. The lowest BCUT2D eigenvalue weighted by Gasteiger charge is -2.11. The highest BCUT2D eigenvalue weighted by atomic mass is 16.5. The lowest BCUT2D eigenvalue weighted by molar-refractivity contribution is -0.133. The summed E-state index contributed by atoms with van der Waals surface area (Å²) in [4.78, 5) is 12.3. The number of amides is 1. The van der Waals surface area contributed by atoms with E-state index in [4.69, 9.17) is 4.74 Å². The Labute approximate surface area is 138 Å². The van der Waals surface area contributed by atoms with Gasteiger partial charge in [-0.2, -0.15) is 5.10 Å². The Morgan fingerprint density at radius 3 is 2.79 bits per heavy atom. The minimum absolute atomic E-state index is 0.124. The Kier molecular flexibility index (Phi) is 3.66. The summed E-state index contributed by atoms with van der Waals surface area (Å²) in [5, 5.41) is 13.8. The number of hydrazone groups is 1. The third-order valence-corrected chi connectivity index (χ3v) is 3.80. The van der Waals surface area contributed by atoms with Gasteiger partial charge in [0.25, 0.3) is 5.91 Å². The second-order valence-electron chi connectivity index (χ2n) is 5.38. The van der Waals surface area contributed by atoms with Crippen LogP contribution in [0, 0.1) is 0 Å². The van der Waals surface area contributed by atoms with Crippen molar-refractivity contribution in [2.24, 2.45) is 5.10 Å². The second-order valence-corrected chi connectivity index (χ2v) is 5.38. The molecule has 0 atom stereocenters. The van der Waals surface area contributed by atoms with Gasteiger partial charge in [-0.15, -0.1) is 5.10 Å². The standard InChI is InChI=1S/C17H15N5O2/c23-16(12-24-17-19-18-15-8-4-5-10-21(15)17)22-11-9-14(20-22)13-6-2-1-3-7-13/h1-8,10H,9,11-12H2. The van der Waals surface area contributed by atoms with Crippen LogP contribution in [0.25, 0.3) is 5.65 Å². The molecule has 0 N–H and O–H groups in total. The Morgan fingerprint density at radius 2 is 1.92 bits per heavy atom. The minimum Gasteiger partial charge on any atom is -0.453 e. The molecule has 3 heterocycles. The molecule has 4 rings (SSSR count). The highest BCUT2D eigenvalue weighted by Crippen LogP contribution is 2.14. The Hall–Kier alpha value is -3.22. The molecular formula is C17H15N5O2. The van der Waals surface area contributed by atoms with Gasteiger partial charge >= 0.3 is 6.01 Å². The van der Waals surface area contributed by atoms with Gasteiger partial charge in [0.15, 0.2) is 12.3 Å². The number of fused-ring (bicyclic) bond motifs is 1. The lowest BCUT2D eigenvalue weighted by Crippen LogP contribution is -2.29. The highest BCUT2D eigenvalue weighted by Gasteiger charge is 2.22. The largest absolute Gasteiger partial charge is 0.453 e. The van der Waals surface area contributed by atoms with Crippen molar-refractivity contribution in [3.05, 3.63) is 60.3 Å². The van der Waals surface area contributed by atoms with Gasteiger partial charge in [0.1, 0.15) is 0 Å². The van der Waals surface area contributed by atoms with Crippen LogP contribution in [-0.2, 0) is 4.79 Å². The van der Waals surface area contributed by atoms with Crippen molar-refractivity contribution >= 4 is 17.3 Å². The van der Waals surface area contributed by atoms with Gasteiger partial charge in [0.2, 0.25) is 0 Å². The van der Waals surface area contributed by atoms with Crippen molar-refractivity contribution in [3.63, 3.8) is 0 Å². The molecule has 120 valence electrons. The molecule has 0 bridgehead atoms. The molecule has 0 fully saturated rings. The molecule has 0 saturated heterocycles. The molecule has 0 unspecified atom stereocenters. The number of ether oxygens (including phenoxy) is 1. The molecule has 24 heavy (non-hydrogen) atoms. The summed E-state index contributed by atoms with van der Waals surface area (Å²) >= 11 is 0. The Bertz CT molecular complexity index is 903. The molecule has 1 amide bonds. The summed E-state index contributed by atoms with van der Waals surface area (Å²) in [6.45, 7) is 0.439. The average molecular weight is 321 g/mol. The first-order valence-corrected chi connectivity index (χ1v) is 7.67. The third kappa shape index (κ3) is 2.71.